The number of pyridine rings is 1. The number of aromatic nitrogens is 1. The Morgan fingerprint density at radius 2 is 1.70 bits per heavy atom. The Kier molecular flexibility index (Phi) is 12.1. The van der Waals surface area contributed by atoms with Crippen molar-refractivity contribution in [3.05, 3.63) is 78.9 Å². The van der Waals surface area contributed by atoms with Gasteiger partial charge in [0.25, 0.3) is 0 Å². The van der Waals surface area contributed by atoms with Gasteiger partial charge in [-0.3, -0.25) is 14.4 Å². The molecule has 1 heterocycles. The summed E-state index contributed by atoms with van der Waals surface area (Å²) in [5.41, 5.74) is -0.272. The van der Waals surface area contributed by atoms with E-state index in [0.717, 1.165) is 37.7 Å². The minimum Gasteiger partial charge on any atom is -0.497 e. The minimum absolute atomic E-state index is 0.00214. The Bertz CT molecular complexity index is 2070. The summed E-state index contributed by atoms with van der Waals surface area (Å²) in [5.74, 6) is -4.34. The first kappa shape index (κ1) is 40.9. The van der Waals surface area contributed by atoms with Crippen molar-refractivity contribution in [3.63, 3.8) is 0 Å². The molecule has 0 radical (unpaired) electrons. The second-order valence-corrected chi connectivity index (χ2v) is 16.3. The number of rotatable bonds is 14. The predicted molar refractivity (Wildman–Crippen MR) is 213 cm³/mol. The van der Waals surface area contributed by atoms with E-state index in [2.05, 4.69) is 22.5 Å². The molecule has 0 saturated heterocycles. The van der Waals surface area contributed by atoms with Gasteiger partial charge in [0.05, 0.1) is 31.3 Å². The van der Waals surface area contributed by atoms with Crippen LogP contribution in [0.2, 0.25) is 0 Å². The van der Waals surface area contributed by atoms with Gasteiger partial charge >= 0.3 is 11.9 Å². The molecule has 0 aliphatic heterocycles. The maximum Gasteiger partial charge on any atom is 0.330 e. The molecule has 2 aromatic carbocycles. The maximum absolute atomic E-state index is 14.4. The van der Waals surface area contributed by atoms with Crippen molar-refractivity contribution in [1.82, 2.24) is 20.9 Å². The van der Waals surface area contributed by atoms with Crippen LogP contribution in [-0.4, -0.2) is 77.7 Å². The first-order valence-corrected chi connectivity index (χ1v) is 19.5. The van der Waals surface area contributed by atoms with Crippen molar-refractivity contribution in [1.29, 1.82) is 0 Å². The topological polar surface area (TPSA) is 182 Å². The monoisotopic (exact) mass is 780 g/mol. The third-order valence-corrected chi connectivity index (χ3v) is 11.4. The summed E-state index contributed by atoms with van der Waals surface area (Å²) in [6.45, 7) is 9.09. The Labute approximate surface area is 332 Å². The Morgan fingerprint density at radius 3 is 2.32 bits per heavy atom. The number of carbonyl (C=O) groups excluding carboxylic acids is 4. The van der Waals surface area contributed by atoms with Gasteiger partial charge in [-0.05, 0) is 48.8 Å². The van der Waals surface area contributed by atoms with E-state index in [1.54, 1.807) is 52.2 Å². The second-order valence-electron chi connectivity index (χ2n) is 16.3. The van der Waals surface area contributed by atoms with E-state index >= 15 is 0 Å². The highest BCUT2D eigenvalue weighted by Gasteiger charge is 2.61. The van der Waals surface area contributed by atoms with Crippen LogP contribution in [0.5, 0.6) is 11.5 Å². The number of carboxylic acids is 1. The highest BCUT2D eigenvalue weighted by Crippen LogP contribution is 2.45. The van der Waals surface area contributed by atoms with Crippen LogP contribution in [0.1, 0.15) is 65.7 Å². The summed E-state index contributed by atoms with van der Waals surface area (Å²) < 4.78 is 17.2. The molecule has 57 heavy (non-hydrogen) atoms. The van der Waals surface area contributed by atoms with E-state index in [1.165, 1.54) is 13.2 Å². The maximum atomic E-state index is 14.4. The smallest absolute Gasteiger partial charge is 0.330 e. The van der Waals surface area contributed by atoms with Gasteiger partial charge in [0, 0.05) is 41.0 Å². The summed E-state index contributed by atoms with van der Waals surface area (Å²) in [4.78, 5) is 72.7. The van der Waals surface area contributed by atoms with Gasteiger partial charge in [0.1, 0.15) is 35.2 Å². The molecule has 1 unspecified atom stereocenters. The molecule has 6 atom stereocenters. The fraction of sp³-hybridized carbons (Fsp3) is 0.455. The number of fused-ring (bicyclic) bond motifs is 1. The van der Waals surface area contributed by atoms with Gasteiger partial charge in [-0.1, -0.05) is 76.4 Å². The number of amides is 3. The number of nitrogens with one attached hydrogen (secondary N) is 3. The van der Waals surface area contributed by atoms with E-state index in [4.69, 9.17) is 19.2 Å². The van der Waals surface area contributed by atoms with E-state index < -0.39 is 70.6 Å². The molecule has 3 aliphatic carbocycles. The summed E-state index contributed by atoms with van der Waals surface area (Å²) in [7, 11) is 2.85. The number of ether oxygens (including phenoxy) is 3. The van der Waals surface area contributed by atoms with Crippen LogP contribution >= 0.6 is 0 Å². The van der Waals surface area contributed by atoms with E-state index in [0.29, 0.717) is 28.1 Å². The molecule has 0 spiro atoms. The highest BCUT2D eigenvalue weighted by molar-refractivity contribution is 6.04. The molecule has 6 rings (SSSR count). The lowest BCUT2D eigenvalue weighted by atomic mass is 9.82. The van der Waals surface area contributed by atoms with Crippen LogP contribution in [0.4, 0.5) is 0 Å². The molecule has 3 aliphatic rings. The lowest BCUT2D eigenvalue weighted by molar-refractivity contribution is -0.148. The van der Waals surface area contributed by atoms with Crippen LogP contribution in [0.15, 0.2) is 78.9 Å². The highest BCUT2D eigenvalue weighted by atomic mass is 16.5. The van der Waals surface area contributed by atoms with Gasteiger partial charge in [0.2, 0.25) is 17.7 Å². The fourth-order valence-corrected chi connectivity index (χ4v) is 8.04. The normalized spacial score (nSPS) is 23.0. The van der Waals surface area contributed by atoms with Crippen LogP contribution in [-0.2, 0) is 28.7 Å². The summed E-state index contributed by atoms with van der Waals surface area (Å²) in [6, 6.07) is 14.7. The number of hydrogen-bond donors (Lipinski definition) is 4. The molecule has 0 bridgehead atoms. The number of carboxylic acid groups (broad SMARTS) is 1. The number of nitrogens with zero attached hydrogens (tertiary/aromatic N) is 1. The molecule has 2 fully saturated rings. The van der Waals surface area contributed by atoms with Crippen LogP contribution < -0.4 is 25.4 Å². The molecule has 13 heteroatoms. The average molecular weight is 781 g/mol. The molecule has 2 saturated carbocycles. The summed E-state index contributed by atoms with van der Waals surface area (Å²) in [5, 5.41) is 19.2. The number of hydrogen-bond acceptors (Lipinski definition) is 9. The molecule has 3 amide bonds. The van der Waals surface area contributed by atoms with Crippen molar-refractivity contribution in [2.24, 2.45) is 23.2 Å². The summed E-state index contributed by atoms with van der Waals surface area (Å²) in [6.07, 6.45) is 6.84. The van der Waals surface area contributed by atoms with E-state index in [9.17, 15) is 29.1 Å². The first-order chi connectivity index (χ1) is 27.2. The molecular formula is C44H52N4O9. The number of aliphatic carboxylic acids is 1. The van der Waals surface area contributed by atoms with Crippen LogP contribution in [0.25, 0.3) is 22.2 Å². The van der Waals surface area contributed by atoms with Crippen molar-refractivity contribution < 1.29 is 43.3 Å². The second kappa shape index (κ2) is 16.8. The zero-order chi connectivity index (χ0) is 41.1. The van der Waals surface area contributed by atoms with Crippen LogP contribution in [0, 0.1) is 23.2 Å². The third-order valence-electron chi connectivity index (χ3n) is 11.4. The zero-order valence-electron chi connectivity index (χ0n) is 33.1. The fourth-order valence-electron chi connectivity index (χ4n) is 8.04. The quantitative estimate of drug-likeness (QED) is 0.120. The van der Waals surface area contributed by atoms with Crippen molar-refractivity contribution in [2.45, 2.75) is 89.4 Å². The van der Waals surface area contributed by atoms with E-state index in [1.807, 2.05) is 36.4 Å². The van der Waals surface area contributed by atoms with Crippen molar-refractivity contribution in [2.75, 3.05) is 14.2 Å². The van der Waals surface area contributed by atoms with Gasteiger partial charge in [-0.2, -0.15) is 0 Å². The van der Waals surface area contributed by atoms with Gasteiger partial charge in [-0.15, -0.1) is 6.58 Å². The molecule has 1 aromatic heterocycles. The van der Waals surface area contributed by atoms with Gasteiger partial charge in [-0.25, -0.2) is 14.6 Å². The van der Waals surface area contributed by atoms with Crippen molar-refractivity contribution >= 4 is 40.6 Å². The lowest BCUT2D eigenvalue weighted by Gasteiger charge is -2.34. The summed E-state index contributed by atoms with van der Waals surface area (Å²) >= 11 is 0. The van der Waals surface area contributed by atoms with Gasteiger partial charge < -0.3 is 35.3 Å². The third kappa shape index (κ3) is 8.82. The number of esters is 1. The molecular weight excluding hydrogens is 729 g/mol. The molecule has 302 valence electrons. The largest absolute Gasteiger partial charge is 0.497 e. The average Bonchev–Trinajstić information content (AvgIpc) is 3.77. The number of benzene rings is 2. The standard InChI is InChI=1S/C44H52N4O9/c1-7-27-24-44(27,42(53)54)48-39(50)32-21-29(57-35-23-33(25-14-10-8-11-15-25)45-34-22-28(55-5)18-19-30(34)35)20-31(32)38(49)47-37(43(2,3)4)40(51)46-36(41(52)56-6)26-16-12-9-13-17-26/h7-8,10-11,14-15,18-20,22-23,26-27,29,32,36-37H,1,9,12-13,16-17,21,24H2,2-6H3,(H,46,51)(H,47,49)(H,48,50)(H,53,54)/t27?,29-,32+,36-,37+,44+/m0/s1. The van der Waals surface area contributed by atoms with E-state index in [-0.39, 0.29) is 24.3 Å². The molecule has 13 nitrogen and oxygen atoms in total. The number of carbonyl (C=O) groups is 5. The zero-order valence-corrected chi connectivity index (χ0v) is 33.1. The Balaban J connectivity index is 1.33. The van der Waals surface area contributed by atoms with Crippen molar-refractivity contribution in [3.8, 4) is 22.8 Å². The van der Waals surface area contributed by atoms with Gasteiger partial charge in [0.15, 0.2) is 0 Å². The van der Waals surface area contributed by atoms with Crippen LogP contribution in [0.3, 0.4) is 0 Å². The SMILES string of the molecule is C=CC1C[C@]1(NC(=O)[C@@H]1C[C@@H](Oc2cc(-c3ccccc3)nc3cc(OC)ccc23)C=C1C(=O)N[C@H](C(=O)N[C@H](C(=O)OC)C1CCCCC1)C(C)(C)C)C(=O)O. The Morgan fingerprint density at radius 1 is 0.982 bits per heavy atom. The lowest BCUT2D eigenvalue weighted by Crippen LogP contribution is -2.58. The number of methoxy groups -OCH3 is 2. The first-order valence-electron chi connectivity index (χ1n) is 19.5. The molecule has 3 aromatic rings. The Hall–Kier alpha value is -5.72. The predicted octanol–water partition coefficient (Wildman–Crippen LogP) is 5.52. The molecule has 4 N–H and O–H groups in total. The minimum atomic E-state index is -1.54.